The van der Waals surface area contributed by atoms with Gasteiger partial charge in [0, 0.05) is 37.3 Å². The number of nitrogens with zero attached hydrogens (tertiary/aromatic N) is 5. The molecule has 0 bridgehead atoms. The molecule has 0 fully saturated rings. The van der Waals surface area contributed by atoms with Crippen molar-refractivity contribution in [1.29, 1.82) is 0 Å². The van der Waals surface area contributed by atoms with E-state index in [0.29, 0.717) is 0 Å². The highest BCUT2D eigenvalue weighted by atomic mass is 16.5. The van der Waals surface area contributed by atoms with E-state index in [1.54, 1.807) is 0 Å². The molecular weight excluding hydrogens is 278 g/mol. The minimum Gasteiger partial charge on any atom is -0.472 e. The number of ether oxygens (including phenoxy) is 1. The number of rotatable bonds is 2. The van der Waals surface area contributed by atoms with Crippen LogP contribution < -0.4 is 4.74 Å². The van der Waals surface area contributed by atoms with Crippen LogP contribution in [0.5, 0.6) is 5.88 Å². The third kappa shape index (κ3) is 2.37. The van der Waals surface area contributed by atoms with E-state index < -0.39 is 0 Å². The summed E-state index contributed by atoms with van der Waals surface area (Å²) in [5.74, 6) is 1.57. The summed E-state index contributed by atoms with van der Waals surface area (Å²) in [6.45, 7) is 9.87. The van der Waals surface area contributed by atoms with Gasteiger partial charge in [-0.2, -0.15) is 10.1 Å². The SMILES string of the molecule is Cc1cc2n(n1)CCN(CC1Cc3c(C)nc(C)nc3O1)C2. The summed E-state index contributed by atoms with van der Waals surface area (Å²) >= 11 is 0. The third-order valence-electron chi connectivity index (χ3n) is 4.46. The molecule has 0 saturated carbocycles. The first-order valence-corrected chi connectivity index (χ1v) is 7.85. The van der Waals surface area contributed by atoms with Crippen molar-refractivity contribution < 1.29 is 4.74 Å². The second kappa shape index (κ2) is 5.05. The smallest absolute Gasteiger partial charge is 0.220 e. The highest BCUT2D eigenvalue weighted by Crippen LogP contribution is 2.29. The molecule has 116 valence electrons. The monoisotopic (exact) mass is 299 g/mol. The zero-order valence-corrected chi connectivity index (χ0v) is 13.3. The van der Waals surface area contributed by atoms with Gasteiger partial charge in [0.1, 0.15) is 11.9 Å². The molecule has 2 aliphatic rings. The summed E-state index contributed by atoms with van der Waals surface area (Å²) in [6.07, 6.45) is 1.09. The standard InChI is InChI=1S/C16H21N5O/c1-10-6-13-8-20(4-5-21(13)19-10)9-14-7-15-11(2)17-12(3)18-16(15)22-14/h6,14H,4-5,7-9H2,1-3H3. The summed E-state index contributed by atoms with van der Waals surface area (Å²) < 4.78 is 8.17. The molecule has 2 aromatic heterocycles. The minimum atomic E-state index is 0.181. The molecule has 4 rings (SSSR count). The van der Waals surface area contributed by atoms with Crippen LogP contribution in [-0.2, 0) is 19.5 Å². The van der Waals surface area contributed by atoms with Gasteiger partial charge < -0.3 is 4.74 Å². The maximum Gasteiger partial charge on any atom is 0.220 e. The van der Waals surface area contributed by atoms with Crippen molar-refractivity contribution in [3.8, 4) is 5.88 Å². The van der Waals surface area contributed by atoms with Crippen LogP contribution in [0.1, 0.15) is 28.5 Å². The lowest BCUT2D eigenvalue weighted by molar-refractivity contribution is 0.124. The lowest BCUT2D eigenvalue weighted by Crippen LogP contribution is -2.40. The predicted octanol–water partition coefficient (Wildman–Crippen LogP) is 1.42. The van der Waals surface area contributed by atoms with Crippen LogP contribution in [0.15, 0.2) is 6.07 Å². The first kappa shape index (κ1) is 13.7. The summed E-state index contributed by atoms with van der Waals surface area (Å²) in [7, 11) is 0. The second-order valence-corrected chi connectivity index (χ2v) is 6.32. The molecule has 0 saturated heterocycles. The Kier molecular flexibility index (Phi) is 3.14. The zero-order valence-electron chi connectivity index (χ0n) is 13.3. The predicted molar refractivity (Wildman–Crippen MR) is 81.9 cm³/mol. The van der Waals surface area contributed by atoms with Crippen LogP contribution in [-0.4, -0.2) is 43.8 Å². The van der Waals surface area contributed by atoms with E-state index in [9.17, 15) is 0 Å². The molecule has 1 unspecified atom stereocenters. The molecule has 0 N–H and O–H groups in total. The molecule has 1 atom stereocenters. The van der Waals surface area contributed by atoms with Crippen molar-refractivity contribution in [3.05, 3.63) is 34.5 Å². The Morgan fingerprint density at radius 1 is 1.23 bits per heavy atom. The molecule has 6 heteroatoms. The Hall–Kier alpha value is -1.95. The van der Waals surface area contributed by atoms with Gasteiger partial charge in [0.25, 0.3) is 0 Å². The fourth-order valence-electron chi connectivity index (χ4n) is 3.47. The average Bonchev–Trinajstić information content (AvgIpc) is 3.00. The van der Waals surface area contributed by atoms with Gasteiger partial charge in [-0.15, -0.1) is 0 Å². The molecule has 2 aromatic rings. The van der Waals surface area contributed by atoms with Crippen molar-refractivity contribution in [2.24, 2.45) is 0 Å². The number of aromatic nitrogens is 4. The van der Waals surface area contributed by atoms with Crippen molar-refractivity contribution in [3.63, 3.8) is 0 Å². The first-order valence-electron chi connectivity index (χ1n) is 7.85. The molecule has 6 nitrogen and oxygen atoms in total. The Balaban J connectivity index is 1.45. The Bertz CT molecular complexity index is 724. The zero-order chi connectivity index (χ0) is 15.3. The van der Waals surface area contributed by atoms with E-state index in [1.807, 2.05) is 13.8 Å². The number of fused-ring (bicyclic) bond motifs is 2. The van der Waals surface area contributed by atoms with Crippen LogP contribution in [0.3, 0.4) is 0 Å². The van der Waals surface area contributed by atoms with Crippen LogP contribution >= 0.6 is 0 Å². The molecule has 0 spiro atoms. The fraction of sp³-hybridized carbons (Fsp3) is 0.562. The van der Waals surface area contributed by atoms with E-state index in [0.717, 1.165) is 55.7 Å². The van der Waals surface area contributed by atoms with Gasteiger partial charge >= 0.3 is 0 Å². The molecule has 0 amide bonds. The Morgan fingerprint density at radius 2 is 2.09 bits per heavy atom. The Labute approximate surface area is 130 Å². The quantitative estimate of drug-likeness (QED) is 0.839. The molecule has 0 radical (unpaired) electrons. The third-order valence-corrected chi connectivity index (χ3v) is 4.46. The van der Waals surface area contributed by atoms with Crippen LogP contribution in [0, 0.1) is 20.8 Å². The summed E-state index contributed by atoms with van der Waals surface area (Å²) in [5, 5.41) is 4.51. The Morgan fingerprint density at radius 3 is 2.95 bits per heavy atom. The molecule has 2 aliphatic heterocycles. The van der Waals surface area contributed by atoms with Gasteiger partial charge in [-0.05, 0) is 26.8 Å². The van der Waals surface area contributed by atoms with E-state index >= 15 is 0 Å². The maximum atomic E-state index is 6.05. The van der Waals surface area contributed by atoms with E-state index in [1.165, 1.54) is 11.3 Å². The van der Waals surface area contributed by atoms with E-state index in [2.05, 4.69) is 37.6 Å². The minimum absolute atomic E-state index is 0.181. The van der Waals surface area contributed by atoms with Gasteiger partial charge in [-0.1, -0.05) is 0 Å². The van der Waals surface area contributed by atoms with Crippen LogP contribution in [0.2, 0.25) is 0 Å². The summed E-state index contributed by atoms with van der Waals surface area (Å²) in [6, 6.07) is 2.18. The topological polar surface area (TPSA) is 56.1 Å². The maximum absolute atomic E-state index is 6.05. The fourth-order valence-corrected chi connectivity index (χ4v) is 3.47. The summed E-state index contributed by atoms with van der Waals surface area (Å²) in [5.41, 5.74) is 4.62. The van der Waals surface area contributed by atoms with Crippen LogP contribution in [0.25, 0.3) is 0 Å². The van der Waals surface area contributed by atoms with Crippen molar-refractivity contribution in [2.75, 3.05) is 13.1 Å². The number of aryl methyl sites for hydroxylation is 3. The van der Waals surface area contributed by atoms with Gasteiger partial charge in [-0.25, -0.2) is 4.98 Å². The highest BCUT2D eigenvalue weighted by molar-refractivity contribution is 5.34. The van der Waals surface area contributed by atoms with Crippen LogP contribution in [0.4, 0.5) is 0 Å². The van der Waals surface area contributed by atoms with E-state index in [4.69, 9.17) is 4.74 Å². The highest BCUT2D eigenvalue weighted by Gasteiger charge is 2.29. The molecule has 0 aromatic carbocycles. The largest absolute Gasteiger partial charge is 0.472 e. The lowest BCUT2D eigenvalue weighted by Gasteiger charge is -2.29. The molecular formula is C16H21N5O. The average molecular weight is 299 g/mol. The summed E-state index contributed by atoms with van der Waals surface area (Å²) in [4.78, 5) is 11.3. The first-order chi connectivity index (χ1) is 10.6. The lowest BCUT2D eigenvalue weighted by atomic mass is 10.1. The number of hydrogen-bond acceptors (Lipinski definition) is 5. The van der Waals surface area contributed by atoms with Crippen molar-refractivity contribution >= 4 is 0 Å². The molecule has 4 heterocycles. The van der Waals surface area contributed by atoms with Gasteiger partial charge in [0.15, 0.2) is 0 Å². The molecule has 0 aliphatic carbocycles. The van der Waals surface area contributed by atoms with Crippen molar-refractivity contribution in [1.82, 2.24) is 24.6 Å². The second-order valence-electron chi connectivity index (χ2n) is 6.32. The molecule has 22 heavy (non-hydrogen) atoms. The number of hydrogen-bond donors (Lipinski definition) is 0. The van der Waals surface area contributed by atoms with E-state index in [-0.39, 0.29) is 6.10 Å². The van der Waals surface area contributed by atoms with Crippen molar-refractivity contribution in [2.45, 2.75) is 46.4 Å². The van der Waals surface area contributed by atoms with Gasteiger partial charge in [-0.3, -0.25) is 9.58 Å². The van der Waals surface area contributed by atoms with Gasteiger partial charge in [0.05, 0.1) is 17.9 Å². The van der Waals surface area contributed by atoms with Gasteiger partial charge in [0.2, 0.25) is 5.88 Å². The normalized spacial score (nSPS) is 20.6.